The van der Waals surface area contributed by atoms with Crippen molar-refractivity contribution in [1.82, 2.24) is 30.4 Å². The number of rotatable bonds is 4. The Balaban J connectivity index is 1.51. The molecule has 1 aliphatic carbocycles. The number of fused-ring (bicyclic) bond motifs is 2. The molecule has 9 nitrogen and oxygen atoms in total. The lowest BCUT2D eigenvalue weighted by atomic mass is 9.96. The molecule has 0 atom stereocenters. The number of hydrogen-bond acceptors (Lipinski definition) is 6. The summed E-state index contributed by atoms with van der Waals surface area (Å²) in [7, 11) is 0. The third kappa shape index (κ3) is 3.00. The lowest BCUT2D eigenvalue weighted by molar-refractivity contribution is 0.665. The van der Waals surface area contributed by atoms with Crippen molar-refractivity contribution in [1.29, 1.82) is 0 Å². The van der Waals surface area contributed by atoms with E-state index in [4.69, 9.17) is 9.97 Å². The highest BCUT2D eigenvalue weighted by Gasteiger charge is 2.19. The van der Waals surface area contributed by atoms with Crippen molar-refractivity contribution in [2.45, 2.75) is 32.6 Å². The monoisotopic (exact) mass is 376 g/mol. The Kier molecular flexibility index (Phi) is 3.85. The fourth-order valence-corrected chi connectivity index (χ4v) is 3.60. The Hall–Kier alpha value is -3.62. The van der Waals surface area contributed by atoms with Gasteiger partial charge < -0.3 is 10.6 Å². The Bertz CT molecular complexity index is 1220. The van der Waals surface area contributed by atoms with E-state index in [-0.39, 0.29) is 5.56 Å². The number of nitrogens with zero attached hydrogens (tertiary/aromatic N) is 3. The third-order valence-corrected chi connectivity index (χ3v) is 4.97. The van der Waals surface area contributed by atoms with Crippen LogP contribution in [0.2, 0.25) is 0 Å². The summed E-state index contributed by atoms with van der Waals surface area (Å²) in [4.78, 5) is 21.1. The van der Waals surface area contributed by atoms with E-state index in [2.05, 4.69) is 31.0 Å². The summed E-state index contributed by atoms with van der Waals surface area (Å²) in [6, 6.07) is 7.43. The van der Waals surface area contributed by atoms with Gasteiger partial charge in [0, 0.05) is 23.0 Å². The topological polar surface area (TPSA) is 127 Å². The zero-order valence-corrected chi connectivity index (χ0v) is 15.4. The maximum absolute atomic E-state index is 11.7. The molecular formula is C19H20N8O. The maximum Gasteiger partial charge on any atom is 0.271 e. The van der Waals surface area contributed by atoms with Gasteiger partial charge in [0.25, 0.3) is 5.56 Å². The minimum atomic E-state index is -0.132. The van der Waals surface area contributed by atoms with Crippen molar-refractivity contribution < 1.29 is 0 Å². The average molecular weight is 376 g/mol. The van der Waals surface area contributed by atoms with Crippen LogP contribution in [0.15, 0.2) is 29.1 Å². The van der Waals surface area contributed by atoms with Gasteiger partial charge in [0.05, 0.1) is 16.6 Å². The minimum Gasteiger partial charge on any atom is -0.324 e. The first-order chi connectivity index (χ1) is 13.7. The largest absolute Gasteiger partial charge is 0.324 e. The zero-order valence-electron chi connectivity index (χ0n) is 15.4. The molecule has 9 heteroatoms. The van der Waals surface area contributed by atoms with E-state index in [0.717, 1.165) is 65.5 Å². The van der Waals surface area contributed by atoms with Crippen LogP contribution in [-0.2, 0) is 12.8 Å². The molecule has 28 heavy (non-hydrogen) atoms. The fourth-order valence-electron chi connectivity index (χ4n) is 3.60. The third-order valence-electron chi connectivity index (χ3n) is 4.97. The first kappa shape index (κ1) is 16.5. The second-order valence-electron chi connectivity index (χ2n) is 7.05. The number of hydrogen-bond donors (Lipinski definition) is 5. The first-order valence-corrected chi connectivity index (χ1v) is 9.32. The standard InChI is InChI=1S/C19H20N8O/c1-10-8-16(26-24-10)22-17-12-4-2-3-5-14(12)21-19(23-17)20-11-6-7-13-15(9-11)25-27-18(13)28/h6-9H,2-5H2,1H3,(H2,25,27,28)(H3,20,21,22,23,24,26). The minimum absolute atomic E-state index is 0.132. The van der Waals surface area contributed by atoms with Crippen LogP contribution >= 0.6 is 0 Å². The van der Waals surface area contributed by atoms with Crippen LogP contribution in [0.25, 0.3) is 10.9 Å². The van der Waals surface area contributed by atoms with Gasteiger partial charge in [-0.2, -0.15) is 10.1 Å². The molecule has 1 aromatic carbocycles. The normalized spacial score (nSPS) is 13.5. The van der Waals surface area contributed by atoms with Gasteiger partial charge in [0.15, 0.2) is 5.82 Å². The van der Waals surface area contributed by atoms with Gasteiger partial charge in [0.2, 0.25) is 5.95 Å². The van der Waals surface area contributed by atoms with Crippen LogP contribution in [0.4, 0.5) is 23.3 Å². The molecule has 0 radical (unpaired) electrons. The average Bonchev–Trinajstić information content (AvgIpc) is 3.27. The molecule has 0 unspecified atom stereocenters. The van der Waals surface area contributed by atoms with Gasteiger partial charge in [-0.05, 0) is 50.8 Å². The molecule has 1 aliphatic rings. The van der Waals surface area contributed by atoms with Crippen molar-refractivity contribution in [2.24, 2.45) is 0 Å². The van der Waals surface area contributed by atoms with Gasteiger partial charge in [-0.3, -0.25) is 20.1 Å². The molecule has 0 amide bonds. The second-order valence-corrected chi connectivity index (χ2v) is 7.05. The first-order valence-electron chi connectivity index (χ1n) is 9.32. The zero-order chi connectivity index (χ0) is 19.1. The van der Waals surface area contributed by atoms with E-state index in [1.165, 1.54) is 0 Å². The Morgan fingerprint density at radius 2 is 1.93 bits per heavy atom. The molecule has 0 saturated heterocycles. The van der Waals surface area contributed by atoms with E-state index in [1.807, 2.05) is 25.1 Å². The summed E-state index contributed by atoms with van der Waals surface area (Å²) in [5.74, 6) is 2.05. The lowest BCUT2D eigenvalue weighted by Gasteiger charge is -2.19. The van der Waals surface area contributed by atoms with Gasteiger partial charge >= 0.3 is 0 Å². The highest BCUT2D eigenvalue weighted by molar-refractivity contribution is 5.82. The Morgan fingerprint density at radius 1 is 1.04 bits per heavy atom. The van der Waals surface area contributed by atoms with E-state index in [1.54, 1.807) is 6.07 Å². The highest BCUT2D eigenvalue weighted by atomic mass is 16.1. The van der Waals surface area contributed by atoms with Crippen molar-refractivity contribution in [2.75, 3.05) is 10.6 Å². The summed E-state index contributed by atoms with van der Waals surface area (Å²) >= 11 is 0. The SMILES string of the molecule is Cc1cc(Nc2nc(Nc3ccc4c(=O)[nH][nH]c4c3)nc3c2CCCC3)n[nH]1. The van der Waals surface area contributed by atoms with Gasteiger partial charge in [-0.25, -0.2) is 4.98 Å². The molecule has 0 fully saturated rings. The molecule has 3 heterocycles. The van der Waals surface area contributed by atoms with Crippen molar-refractivity contribution in [3.63, 3.8) is 0 Å². The number of benzene rings is 1. The summed E-state index contributed by atoms with van der Waals surface area (Å²) in [5, 5.41) is 19.9. The van der Waals surface area contributed by atoms with Crippen LogP contribution < -0.4 is 16.2 Å². The molecule has 5 rings (SSSR count). The van der Waals surface area contributed by atoms with Crippen molar-refractivity contribution >= 4 is 34.2 Å². The molecule has 0 saturated carbocycles. The Morgan fingerprint density at radius 3 is 2.79 bits per heavy atom. The van der Waals surface area contributed by atoms with E-state index in [0.29, 0.717) is 11.3 Å². The lowest BCUT2D eigenvalue weighted by Crippen LogP contribution is -2.13. The van der Waals surface area contributed by atoms with Gasteiger partial charge in [-0.1, -0.05) is 0 Å². The van der Waals surface area contributed by atoms with Crippen LogP contribution in [0.5, 0.6) is 0 Å². The quantitative estimate of drug-likeness (QED) is 0.372. The molecule has 142 valence electrons. The number of anilines is 4. The van der Waals surface area contributed by atoms with Crippen LogP contribution in [0, 0.1) is 6.92 Å². The number of aromatic nitrogens is 6. The number of nitrogens with one attached hydrogen (secondary N) is 5. The summed E-state index contributed by atoms with van der Waals surface area (Å²) < 4.78 is 0. The predicted molar refractivity (Wildman–Crippen MR) is 107 cm³/mol. The molecule has 5 N–H and O–H groups in total. The molecule has 0 spiro atoms. The molecule has 0 bridgehead atoms. The van der Waals surface area contributed by atoms with Crippen molar-refractivity contribution in [3.8, 4) is 0 Å². The van der Waals surface area contributed by atoms with E-state index < -0.39 is 0 Å². The smallest absolute Gasteiger partial charge is 0.271 e. The highest BCUT2D eigenvalue weighted by Crippen LogP contribution is 2.29. The summed E-state index contributed by atoms with van der Waals surface area (Å²) in [6.07, 6.45) is 4.15. The molecule has 4 aromatic rings. The Labute approximate surface area is 160 Å². The maximum atomic E-state index is 11.7. The molecular weight excluding hydrogens is 356 g/mol. The molecule has 3 aromatic heterocycles. The van der Waals surface area contributed by atoms with E-state index >= 15 is 0 Å². The second kappa shape index (κ2) is 6.52. The summed E-state index contributed by atoms with van der Waals surface area (Å²) in [6.45, 7) is 1.96. The van der Waals surface area contributed by atoms with E-state index in [9.17, 15) is 4.79 Å². The van der Waals surface area contributed by atoms with Gasteiger partial charge in [-0.15, -0.1) is 0 Å². The van der Waals surface area contributed by atoms with Crippen LogP contribution in [0.1, 0.15) is 29.8 Å². The fraction of sp³-hybridized carbons (Fsp3) is 0.263. The predicted octanol–water partition coefficient (Wildman–Crippen LogP) is 3.04. The van der Waals surface area contributed by atoms with Crippen LogP contribution in [0.3, 0.4) is 0 Å². The number of H-pyrrole nitrogens is 3. The number of aromatic amines is 3. The number of aryl methyl sites for hydroxylation is 2. The van der Waals surface area contributed by atoms with Gasteiger partial charge in [0.1, 0.15) is 5.82 Å². The summed E-state index contributed by atoms with van der Waals surface area (Å²) in [5.41, 5.74) is 4.61. The van der Waals surface area contributed by atoms with Crippen molar-refractivity contribution in [3.05, 3.63) is 51.6 Å². The van der Waals surface area contributed by atoms with Crippen LogP contribution in [-0.4, -0.2) is 30.4 Å². The molecule has 0 aliphatic heterocycles.